The van der Waals surface area contributed by atoms with Crippen molar-refractivity contribution in [2.24, 2.45) is 0 Å². The molecule has 22 heavy (non-hydrogen) atoms. The Hall–Kier alpha value is -1.83. The summed E-state index contributed by atoms with van der Waals surface area (Å²) in [5.41, 5.74) is 1.41. The summed E-state index contributed by atoms with van der Waals surface area (Å²) in [6.07, 6.45) is 9.83. The van der Waals surface area contributed by atoms with Gasteiger partial charge in [-0.25, -0.2) is 0 Å². The van der Waals surface area contributed by atoms with Crippen LogP contribution in [0.5, 0.6) is 0 Å². The lowest BCUT2D eigenvalue weighted by Crippen LogP contribution is -2.16. The van der Waals surface area contributed by atoms with E-state index in [0.717, 1.165) is 25.7 Å². The van der Waals surface area contributed by atoms with Crippen molar-refractivity contribution >= 4 is 16.7 Å². The van der Waals surface area contributed by atoms with Crippen LogP contribution < -0.4 is 5.32 Å². The fourth-order valence-corrected chi connectivity index (χ4v) is 2.78. The van der Waals surface area contributed by atoms with E-state index in [0.29, 0.717) is 6.42 Å². The monoisotopic (exact) mass is 296 g/mol. The Morgan fingerprint density at radius 2 is 1.77 bits per heavy atom. The first-order chi connectivity index (χ1) is 10.8. The van der Waals surface area contributed by atoms with E-state index in [4.69, 9.17) is 0 Å². The van der Waals surface area contributed by atoms with E-state index in [2.05, 4.69) is 54.2 Å². The van der Waals surface area contributed by atoms with E-state index in [1.54, 1.807) is 7.05 Å². The number of nitrogens with one attached hydrogen (secondary N) is 1. The van der Waals surface area contributed by atoms with Crippen molar-refractivity contribution in [3.63, 3.8) is 0 Å². The van der Waals surface area contributed by atoms with Gasteiger partial charge in [-0.1, -0.05) is 61.7 Å². The van der Waals surface area contributed by atoms with Crippen molar-refractivity contribution in [1.29, 1.82) is 0 Å². The number of carbonyl (C=O) groups is 1. The van der Waals surface area contributed by atoms with Crippen molar-refractivity contribution in [2.75, 3.05) is 7.05 Å². The molecule has 0 saturated carbocycles. The minimum absolute atomic E-state index is 0.155. The molecule has 0 aliphatic carbocycles. The lowest BCUT2D eigenvalue weighted by atomic mass is 9.99. The molecule has 1 radical (unpaired) electrons. The van der Waals surface area contributed by atoms with Crippen LogP contribution in [0.4, 0.5) is 0 Å². The fourth-order valence-electron chi connectivity index (χ4n) is 2.78. The highest BCUT2D eigenvalue weighted by Crippen LogP contribution is 2.20. The maximum absolute atomic E-state index is 11.1. The van der Waals surface area contributed by atoms with Gasteiger partial charge in [0.1, 0.15) is 0 Å². The Morgan fingerprint density at radius 1 is 1.00 bits per heavy atom. The molecule has 0 atom stereocenters. The van der Waals surface area contributed by atoms with E-state index in [9.17, 15) is 4.79 Å². The van der Waals surface area contributed by atoms with Gasteiger partial charge in [0.2, 0.25) is 5.91 Å². The summed E-state index contributed by atoms with van der Waals surface area (Å²) in [5.74, 6) is 0.155. The molecule has 0 heterocycles. The van der Waals surface area contributed by atoms with Crippen LogP contribution >= 0.6 is 0 Å². The van der Waals surface area contributed by atoms with E-state index < -0.39 is 0 Å². The minimum Gasteiger partial charge on any atom is -0.359 e. The molecule has 0 bridgehead atoms. The van der Waals surface area contributed by atoms with Crippen LogP contribution in [-0.4, -0.2) is 13.0 Å². The third-order valence-corrected chi connectivity index (χ3v) is 4.09. The van der Waals surface area contributed by atoms with Gasteiger partial charge in [0.15, 0.2) is 0 Å². The number of fused-ring (bicyclic) bond motifs is 1. The predicted molar refractivity (Wildman–Crippen MR) is 93.7 cm³/mol. The van der Waals surface area contributed by atoms with Crippen molar-refractivity contribution in [3.05, 3.63) is 54.4 Å². The molecule has 1 N–H and O–H groups in total. The van der Waals surface area contributed by atoms with Gasteiger partial charge in [-0.2, -0.15) is 0 Å². The molecule has 0 saturated heterocycles. The molecule has 0 unspecified atom stereocenters. The molecule has 0 aromatic heterocycles. The first kappa shape index (κ1) is 16.5. The van der Waals surface area contributed by atoms with Gasteiger partial charge in [-0.15, -0.1) is 0 Å². The fraction of sp³-hybridized carbons (Fsp3) is 0.400. The summed E-state index contributed by atoms with van der Waals surface area (Å²) in [6, 6.07) is 15.1. The predicted octanol–water partition coefficient (Wildman–Crippen LogP) is 4.67. The van der Waals surface area contributed by atoms with Gasteiger partial charge in [0.05, 0.1) is 0 Å². The number of carbonyl (C=O) groups excluding carboxylic acids is 1. The third-order valence-electron chi connectivity index (χ3n) is 4.09. The topological polar surface area (TPSA) is 29.1 Å². The van der Waals surface area contributed by atoms with Crippen LogP contribution in [0.1, 0.15) is 44.1 Å². The standard InChI is InChI=1S/C20H26NO/c1-21-20(22)16-7-5-3-2-4-6-11-17-13-10-14-18-12-8-9-15-19(17)18/h6,8-10,12-15H,2-5,7,11,16H2,1H3,(H,21,22). The highest BCUT2D eigenvalue weighted by molar-refractivity contribution is 5.85. The highest BCUT2D eigenvalue weighted by Gasteiger charge is 2.01. The number of rotatable bonds is 9. The summed E-state index contributed by atoms with van der Waals surface area (Å²) >= 11 is 0. The first-order valence-electron chi connectivity index (χ1n) is 8.30. The molecule has 2 heteroatoms. The molecule has 0 spiro atoms. The normalized spacial score (nSPS) is 10.8. The van der Waals surface area contributed by atoms with Crippen LogP contribution in [-0.2, 0) is 11.2 Å². The lowest BCUT2D eigenvalue weighted by Gasteiger charge is -2.06. The molecule has 0 aliphatic heterocycles. The van der Waals surface area contributed by atoms with Gasteiger partial charge in [0.25, 0.3) is 0 Å². The Kier molecular flexibility index (Phi) is 6.95. The van der Waals surface area contributed by atoms with Crippen LogP contribution in [0.2, 0.25) is 0 Å². The van der Waals surface area contributed by atoms with Gasteiger partial charge in [0, 0.05) is 13.5 Å². The largest absolute Gasteiger partial charge is 0.359 e. The van der Waals surface area contributed by atoms with Crippen molar-refractivity contribution in [3.8, 4) is 0 Å². The zero-order valence-electron chi connectivity index (χ0n) is 13.5. The van der Waals surface area contributed by atoms with E-state index >= 15 is 0 Å². The van der Waals surface area contributed by atoms with Crippen molar-refractivity contribution < 1.29 is 4.79 Å². The lowest BCUT2D eigenvalue weighted by molar-refractivity contribution is -0.120. The Morgan fingerprint density at radius 3 is 2.64 bits per heavy atom. The summed E-state index contributed by atoms with van der Waals surface area (Å²) in [5, 5.41) is 5.35. The molecule has 0 aliphatic rings. The molecule has 2 nitrogen and oxygen atoms in total. The molecule has 117 valence electrons. The Balaban J connectivity index is 1.63. The zero-order valence-corrected chi connectivity index (χ0v) is 13.5. The average molecular weight is 296 g/mol. The second-order valence-electron chi connectivity index (χ2n) is 5.76. The number of benzene rings is 2. The molecule has 1 amide bonds. The minimum atomic E-state index is 0.155. The molecular formula is C20H26NO. The third kappa shape index (κ3) is 5.18. The highest BCUT2D eigenvalue weighted by atomic mass is 16.1. The number of unbranched alkanes of at least 4 members (excludes halogenated alkanes) is 5. The summed E-state index contributed by atoms with van der Waals surface area (Å²) in [4.78, 5) is 11.1. The van der Waals surface area contributed by atoms with Crippen molar-refractivity contribution in [2.45, 2.75) is 44.9 Å². The summed E-state index contributed by atoms with van der Waals surface area (Å²) in [7, 11) is 1.70. The average Bonchev–Trinajstić information content (AvgIpc) is 2.57. The molecule has 0 fully saturated rings. The number of hydrogen-bond acceptors (Lipinski definition) is 1. The Labute approximate surface area is 133 Å². The van der Waals surface area contributed by atoms with E-state index in [1.807, 2.05) is 0 Å². The second kappa shape index (κ2) is 9.24. The summed E-state index contributed by atoms with van der Waals surface area (Å²) < 4.78 is 0. The van der Waals surface area contributed by atoms with Crippen LogP contribution in [0.15, 0.2) is 42.5 Å². The van der Waals surface area contributed by atoms with E-state index in [1.165, 1.54) is 29.2 Å². The van der Waals surface area contributed by atoms with E-state index in [-0.39, 0.29) is 5.91 Å². The van der Waals surface area contributed by atoms with Gasteiger partial charge in [-0.3, -0.25) is 4.79 Å². The first-order valence-corrected chi connectivity index (χ1v) is 8.30. The van der Waals surface area contributed by atoms with Gasteiger partial charge < -0.3 is 5.32 Å². The maximum Gasteiger partial charge on any atom is 0.219 e. The molecule has 2 aromatic rings. The molecule has 2 rings (SSSR count). The maximum atomic E-state index is 11.1. The van der Waals surface area contributed by atoms with Gasteiger partial charge >= 0.3 is 0 Å². The van der Waals surface area contributed by atoms with Crippen LogP contribution in [0.25, 0.3) is 10.8 Å². The number of hydrogen-bond donors (Lipinski definition) is 1. The molecular weight excluding hydrogens is 270 g/mol. The van der Waals surface area contributed by atoms with Gasteiger partial charge in [-0.05, 0) is 42.0 Å². The zero-order chi connectivity index (χ0) is 15.6. The molecule has 2 aromatic carbocycles. The number of amides is 1. The summed E-state index contributed by atoms with van der Waals surface area (Å²) in [6.45, 7) is 0. The smallest absolute Gasteiger partial charge is 0.219 e. The van der Waals surface area contributed by atoms with Crippen LogP contribution in [0.3, 0.4) is 0 Å². The SMILES string of the molecule is CNC(=O)CCCCCC[CH]Cc1cccc2ccccc12. The van der Waals surface area contributed by atoms with Crippen LogP contribution in [0, 0.1) is 6.42 Å². The van der Waals surface area contributed by atoms with Crippen molar-refractivity contribution in [1.82, 2.24) is 5.32 Å². The Bertz CT molecular complexity index is 586. The second-order valence-corrected chi connectivity index (χ2v) is 5.76. The quantitative estimate of drug-likeness (QED) is 0.669.